The smallest absolute Gasteiger partial charge is 0.250 e. The van der Waals surface area contributed by atoms with Gasteiger partial charge in [-0.15, -0.1) is 23.7 Å². The van der Waals surface area contributed by atoms with E-state index in [1.54, 1.807) is 6.07 Å². The Kier molecular flexibility index (Phi) is 6.26. The van der Waals surface area contributed by atoms with Crippen LogP contribution in [0.15, 0.2) is 10.3 Å². The van der Waals surface area contributed by atoms with Gasteiger partial charge >= 0.3 is 0 Å². The van der Waals surface area contributed by atoms with Crippen molar-refractivity contribution >= 4 is 33.8 Å². The van der Waals surface area contributed by atoms with Crippen molar-refractivity contribution in [3.05, 3.63) is 16.5 Å². The Hall–Kier alpha value is -0.140. The molecule has 2 N–H and O–H groups in total. The van der Waals surface area contributed by atoms with Gasteiger partial charge in [-0.2, -0.15) is 0 Å². The third-order valence-corrected chi connectivity index (χ3v) is 6.39. The number of hydrogen-bond acceptors (Lipinski definition) is 4. The molecule has 0 radical (unpaired) electrons. The fourth-order valence-corrected chi connectivity index (χ4v) is 4.69. The Labute approximate surface area is 125 Å². The Balaban J connectivity index is 0.00000180. The van der Waals surface area contributed by atoms with Crippen LogP contribution in [-0.2, 0) is 10.0 Å². The minimum atomic E-state index is -3.33. The van der Waals surface area contributed by atoms with E-state index in [0.29, 0.717) is 10.8 Å². The van der Waals surface area contributed by atoms with E-state index in [4.69, 9.17) is 0 Å². The van der Waals surface area contributed by atoms with Crippen LogP contribution in [0.4, 0.5) is 0 Å². The maximum Gasteiger partial charge on any atom is 0.250 e. The summed E-state index contributed by atoms with van der Waals surface area (Å²) in [4.78, 5) is 1.06. The summed E-state index contributed by atoms with van der Waals surface area (Å²) in [6.45, 7) is 5.36. The molecular weight excluding hydrogens is 304 g/mol. The van der Waals surface area contributed by atoms with Crippen LogP contribution in [0.2, 0.25) is 0 Å². The average molecular weight is 325 g/mol. The first-order chi connectivity index (χ1) is 8.49. The number of thiophene rings is 1. The number of halogens is 1. The fourth-order valence-electron chi connectivity index (χ4n) is 2.05. The first-order valence-corrected chi connectivity index (χ1v) is 8.59. The van der Waals surface area contributed by atoms with Gasteiger partial charge in [0, 0.05) is 17.5 Å². The van der Waals surface area contributed by atoms with E-state index in [1.807, 2.05) is 13.8 Å². The lowest BCUT2D eigenvalue weighted by Crippen LogP contribution is -2.43. The molecule has 0 spiro atoms. The molecule has 1 atom stereocenters. The summed E-state index contributed by atoms with van der Waals surface area (Å²) in [7, 11) is -3.33. The topological polar surface area (TPSA) is 58.2 Å². The summed E-state index contributed by atoms with van der Waals surface area (Å²) in [5.74, 6) is 0. The number of rotatable bonds is 4. The van der Waals surface area contributed by atoms with Crippen molar-refractivity contribution in [1.82, 2.24) is 10.0 Å². The summed E-state index contributed by atoms with van der Waals surface area (Å²) in [6.07, 6.45) is 3.41. The zero-order valence-electron chi connectivity index (χ0n) is 11.2. The lowest BCUT2D eigenvalue weighted by Gasteiger charge is -2.23. The molecule has 1 saturated heterocycles. The minimum Gasteiger partial charge on any atom is -0.313 e. The molecule has 4 nitrogen and oxygen atoms in total. The molecule has 1 fully saturated rings. The predicted octanol–water partition coefficient (Wildman–Crippen LogP) is 2.21. The molecule has 19 heavy (non-hydrogen) atoms. The van der Waals surface area contributed by atoms with Crippen molar-refractivity contribution in [2.75, 3.05) is 13.1 Å². The summed E-state index contributed by atoms with van der Waals surface area (Å²) in [5.41, 5.74) is 1.04. The number of nitrogens with one attached hydrogen (secondary N) is 2. The molecule has 7 heteroatoms. The normalized spacial score (nSPS) is 20.0. The van der Waals surface area contributed by atoms with E-state index >= 15 is 0 Å². The zero-order valence-corrected chi connectivity index (χ0v) is 13.7. The fraction of sp³-hybridized carbons (Fsp3) is 0.667. The van der Waals surface area contributed by atoms with Crippen LogP contribution in [0.1, 0.15) is 29.7 Å². The molecule has 0 aromatic carbocycles. The molecule has 110 valence electrons. The second-order valence-electron chi connectivity index (χ2n) is 4.80. The van der Waals surface area contributed by atoms with Crippen molar-refractivity contribution in [3.8, 4) is 0 Å². The molecule has 0 aliphatic carbocycles. The Morgan fingerprint density at radius 2 is 2.16 bits per heavy atom. The maximum absolute atomic E-state index is 12.1. The van der Waals surface area contributed by atoms with Crippen molar-refractivity contribution in [2.24, 2.45) is 0 Å². The Bertz CT molecular complexity index is 488. The number of sulfonamides is 1. The molecule has 0 amide bonds. The van der Waals surface area contributed by atoms with Crippen LogP contribution in [-0.4, -0.2) is 27.5 Å². The monoisotopic (exact) mass is 324 g/mol. The Morgan fingerprint density at radius 1 is 1.42 bits per heavy atom. The van der Waals surface area contributed by atoms with Crippen molar-refractivity contribution in [1.29, 1.82) is 0 Å². The van der Waals surface area contributed by atoms with Crippen LogP contribution in [0.25, 0.3) is 0 Å². The molecule has 1 aliphatic rings. The van der Waals surface area contributed by atoms with E-state index in [2.05, 4.69) is 10.0 Å². The van der Waals surface area contributed by atoms with E-state index in [9.17, 15) is 8.42 Å². The average Bonchev–Trinajstić information content (AvgIpc) is 2.70. The SMILES string of the molecule is Cc1cc(S(=O)(=O)NCC2CCCCN2)sc1C.Cl. The van der Waals surface area contributed by atoms with Gasteiger partial charge in [-0.25, -0.2) is 13.1 Å². The van der Waals surface area contributed by atoms with Crippen LogP contribution in [0.5, 0.6) is 0 Å². The first-order valence-electron chi connectivity index (χ1n) is 6.29. The van der Waals surface area contributed by atoms with Crippen LogP contribution in [0, 0.1) is 13.8 Å². The summed E-state index contributed by atoms with van der Waals surface area (Å²) in [5, 5.41) is 3.34. The van der Waals surface area contributed by atoms with Crippen LogP contribution in [0.3, 0.4) is 0 Å². The highest BCUT2D eigenvalue weighted by Crippen LogP contribution is 2.24. The molecule has 1 aromatic heterocycles. The maximum atomic E-state index is 12.1. The molecule has 2 rings (SSSR count). The van der Waals surface area contributed by atoms with Gasteiger partial charge in [0.05, 0.1) is 0 Å². The lowest BCUT2D eigenvalue weighted by atomic mass is 10.1. The largest absolute Gasteiger partial charge is 0.313 e. The van der Waals surface area contributed by atoms with E-state index in [-0.39, 0.29) is 18.4 Å². The number of aryl methyl sites for hydroxylation is 2. The van der Waals surface area contributed by atoms with Crippen molar-refractivity contribution in [2.45, 2.75) is 43.4 Å². The molecular formula is C12H21ClN2O2S2. The van der Waals surface area contributed by atoms with E-state index < -0.39 is 10.0 Å². The number of hydrogen-bond donors (Lipinski definition) is 2. The highest BCUT2D eigenvalue weighted by molar-refractivity contribution is 7.91. The van der Waals surface area contributed by atoms with Crippen LogP contribution >= 0.6 is 23.7 Å². The second-order valence-corrected chi connectivity index (χ2v) is 8.05. The third kappa shape index (κ3) is 4.43. The lowest BCUT2D eigenvalue weighted by molar-refractivity contribution is 0.398. The zero-order chi connectivity index (χ0) is 13.2. The molecule has 1 aliphatic heterocycles. The van der Waals surface area contributed by atoms with E-state index in [0.717, 1.165) is 23.4 Å². The van der Waals surface area contributed by atoms with Gasteiger partial charge in [-0.05, 0) is 44.9 Å². The highest BCUT2D eigenvalue weighted by atomic mass is 35.5. The summed E-state index contributed by atoms with van der Waals surface area (Å²) >= 11 is 1.34. The van der Waals surface area contributed by atoms with Gasteiger partial charge in [-0.1, -0.05) is 6.42 Å². The van der Waals surface area contributed by atoms with Gasteiger partial charge in [0.15, 0.2) is 0 Å². The molecule has 1 aromatic rings. The standard InChI is InChI=1S/C12H20N2O2S2.ClH/c1-9-7-12(17-10(9)2)18(15,16)14-8-11-5-3-4-6-13-11;/h7,11,13-14H,3-6,8H2,1-2H3;1H. The van der Waals surface area contributed by atoms with Gasteiger partial charge in [0.1, 0.15) is 4.21 Å². The predicted molar refractivity (Wildman–Crippen MR) is 81.9 cm³/mol. The second kappa shape index (κ2) is 7.04. The molecule has 0 bridgehead atoms. The molecule has 0 saturated carbocycles. The summed E-state index contributed by atoms with van der Waals surface area (Å²) < 4.78 is 27.4. The molecule has 1 unspecified atom stereocenters. The van der Waals surface area contributed by atoms with Gasteiger partial charge in [-0.3, -0.25) is 0 Å². The highest BCUT2D eigenvalue weighted by Gasteiger charge is 2.20. The van der Waals surface area contributed by atoms with E-state index in [1.165, 1.54) is 24.2 Å². The minimum absolute atomic E-state index is 0. The quantitative estimate of drug-likeness (QED) is 0.892. The van der Waals surface area contributed by atoms with Crippen molar-refractivity contribution in [3.63, 3.8) is 0 Å². The van der Waals surface area contributed by atoms with Crippen LogP contribution < -0.4 is 10.0 Å². The third-order valence-electron chi connectivity index (χ3n) is 3.34. The Morgan fingerprint density at radius 3 is 2.68 bits per heavy atom. The number of piperidine rings is 1. The molecule has 2 heterocycles. The van der Waals surface area contributed by atoms with Gasteiger partial charge in [0.25, 0.3) is 0 Å². The van der Waals surface area contributed by atoms with Gasteiger partial charge in [0.2, 0.25) is 10.0 Å². The first kappa shape index (κ1) is 16.9. The van der Waals surface area contributed by atoms with Gasteiger partial charge < -0.3 is 5.32 Å². The van der Waals surface area contributed by atoms with Crippen molar-refractivity contribution < 1.29 is 8.42 Å². The summed E-state index contributed by atoms with van der Waals surface area (Å²) in [6, 6.07) is 2.02.